The molecule has 1 aromatic heterocycles. The summed E-state index contributed by atoms with van der Waals surface area (Å²) in [4.78, 5) is 3.51. The van der Waals surface area contributed by atoms with Gasteiger partial charge in [0.25, 0.3) is 0 Å². The number of hydrogen-bond acceptors (Lipinski definition) is 4. The van der Waals surface area contributed by atoms with Crippen LogP contribution in [0.5, 0.6) is 0 Å². The molecule has 126 valence electrons. The molecule has 7 heteroatoms. The van der Waals surface area contributed by atoms with Gasteiger partial charge in [-0.1, -0.05) is 12.8 Å². The van der Waals surface area contributed by atoms with Crippen molar-refractivity contribution in [1.29, 1.82) is 5.26 Å². The van der Waals surface area contributed by atoms with Crippen molar-refractivity contribution >= 4 is 5.82 Å². The van der Waals surface area contributed by atoms with Gasteiger partial charge in [0.15, 0.2) is 0 Å². The van der Waals surface area contributed by atoms with Gasteiger partial charge in [0, 0.05) is 6.54 Å². The van der Waals surface area contributed by atoms with E-state index in [1.165, 1.54) is 0 Å². The van der Waals surface area contributed by atoms with Crippen LogP contribution in [0.2, 0.25) is 0 Å². The summed E-state index contributed by atoms with van der Waals surface area (Å²) in [5, 5.41) is 21.7. The second kappa shape index (κ2) is 7.64. The third kappa shape index (κ3) is 4.83. The Labute approximate surface area is 133 Å². The highest BCUT2D eigenvalue weighted by Gasteiger charge is 2.33. The molecule has 0 bridgehead atoms. The van der Waals surface area contributed by atoms with Gasteiger partial charge in [0.05, 0.1) is 11.7 Å². The maximum absolute atomic E-state index is 12.7. The Morgan fingerprint density at radius 2 is 2.04 bits per heavy atom. The smallest absolute Gasteiger partial charge is 0.393 e. The van der Waals surface area contributed by atoms with Crippen LogP contribution in [0.1, 0.15) is 49.8 Å². The van der Waals surface area contributed by atoms with Crippen LogP contribution in [0, 0.1) is 17.2 Å². The molecule has 2 atom stereocenters. The summed E-state index contributed by atoms with van der Waals surface area (Å²) < 4.78 is 38.0. The minimum atomic E-state index is -4.53. The zero-order chi connectivity index (χ0) is 16.9. The van der Waals surface area contributed by atoms with Crippen molar-refractivity contribution in [2.75, 3.05) is 11.9 Å². The highest BCUT2D eigenvalue weighted by molar-refractivity contribution is 5.52. The van der Waals surface area contributed by atoms with Crippen LogP contribution in [0.3, 0.4) is 0 Å². The Bertz CT molecular complexity index is 569. The zero-order valence-electron chi connectivity index (χ0n) is 12.7. The molecule has 0 aliphatic heterocycles. The lowest BCUT2D eigenvalue weighted by atomic mass is 9.83. The van der Waals surface area contributed by atoms with Gasteiger partial charge in [-0.05, 0) is 43.7 Å². The lowest BCUT2D eigenvalue weighted by Crippen LogP contribution is -2.25. The normalized spacial score (nSPS) is 21.7. The number of aliphatic hydroxyl groups is 1. The van der Waals surface area contributed by atoms with Crippen LogP contribution in [0.15, 0.2) is 12.1 Å². The van der Waals surface area contributed by atoms with Gasteiger partial charge in [-0.15, -0.1) is 0 Å². The van der Waals surface area contributed by atoms with Crippen LogP contribution in [-0.4, -0.2) is 22.7 Å². The maximum Gasteiger partial charge on any atom is 0.433 e. The van der Waals surface area contributed by atoms with Crippen molar-refractivity contribution in [2.24, 2.45) is 5.92 Å². The van der Waals surface area contributed by atoms with Crippen molar-refractivity contribution in [3.05, 3.63) is 23.4 Å². The molecule has 4 nitrogen and oxygen atoms in total. The lowest BCUT2D eigenvalue weighted by Gasteiger charge is -2.27. The molecule has 0 saturated heterocycles. The topological polar surface area (TPSA) is 68.9 Å². The van der Waals surface area contributed by atoms with E-state index in [9.17, 15) is 18.3 Å². The predicted molar refractivity (Wildman–Crippen MR) is 79.6 cm³/mol. The first-order chi connectivity index (χ1) is 10.9. The summed E-state index contributed by atoms with van der Waals surface area (Å²) in [6.45, 7) is 0.423. The highest BCUT2D eigenvalue weighted by atomic mass is 19.4. The van der Waals surface area contributed by atoms with Gasteiger partial charge in [-0.2, -0.15) is 18.4 Å². The second-order valence-corrected chi connectivity index (χ2v) is 5.88. The number of pyridine rings is 1. The Morgan fingerprint density at radius 3 is 2.70 bits per heavy atom. The summed E-state index contributed by atoms with van der Waals surface area (Å²) in [5.74, 6) is 0.224. The van der Waals surface area contributed by atoms with Gasteiger partial charge in [0.1, 0.15) is 17.6 Å². The number of hydrogen-bond donors (Lipinski definition) is 2. The van der Waals surface area contributed by atoms with Crippen molar-refractivity contribution < 1.29 is 18.3 Å². The Balaban J connectivity index is 1.90. The van der Waals surface area contributed by atoms with Crippen molar-refractivity contribution in [3.8, 4) is 6.07 Å². The quantitative estimate of drug-likeness (QED) is 0.809. The van der Waals surface area contributed by atoms with E-state index in [2.05, 4.69) is 10.3 Å². The van der Waals surface area contributed by atoms with Crippen molar-refractivity contribution in [3.63, 3.8) is 0 Å². The highest BCUT2D eigenvalue weighted by Crippen LogP contribution is 2.30. The summed E-state index contributed by atoms with van der Waals surface area (Å²) in [5.41, 5.74) is -0.919. The first-order valence-electron chi connectivity index (χ1n) is 7.82. The third-order valence-electron chi connectivity index (χ3n) is 4.22. The number of aromatic nitrogens is 1. The molecule has 0 spiro atoms. The average Bonchev–Trinajstić information content (AvgIpc) is 2.52. The van der Waals surface area contributed by atoms with E-state index >= 15 is 0 Å². The Kier molecular flexibility index (Phi) is 5.83. The van der Waals surface area contributed by atoms with Gasteiger partial charge in [-0.25, -0.2) is 4.98 Å². The van der Waals surface area contributed by atoms with Crippen LogP contribution in [-0.2, 0) is 6.18 Å². The van der Waals surface area contributed by atoms with Crippen LogP contribution >= 0.6 is 0 Å². The van der Waals surface area contributed by atoms with E-state index in [0.717, 1.165) is 44.2 Å². The second-order valence-electron chi connectivity index (χ2n) is 5.88. The first-order valence-corrected chi connectivity index (χ1v) is 7.82. The van der Waals surface area contributed by atoms with Gasteiger partial charge < -0.3 is 10.4 Å². The van der Waals surface area contributed by atoms with Gasteiger partial charge in [0.2, 0.25) is 0 Å². The number of nitriles is 1. The molecule has 2 N–H and O–H groups in total. The van der Waals surface area contributed by atoms with Crippen molar-refractivity contribution in [1.82, 2.24) is 4.98 Å². The number of anilines is 1. The zero-order valence-corrected chi connectivity index (χ0v) is 12.7. The summed E-state index contributed by atoms with van der Waals surface area (Å²) in [7, 11) is 0. The van der Waals surface area contributed by atoms with E-state index in [0.29, 0.717) is 13.0 Å². The third-order valence-corrected chi connectivity index (χ3v) is 4.22. The maximum atomic E-state index is 12.7. The van der Waals surface area contributed by atoms with E-state index in [1.807, 2.05) is 6.07 Å². The van der Waals surface area contributed by atoms with Crippen molar-refractivity contribution in [2.45, 2.75) is 50.8 Å². The van der Waals surface area contributed by atoms with E-state index in [4.69, 9.17) is 5.26 Å². The van der Waals surface area contributed by atoms with Crippen LogP contribution in [0.4, 0.5) is 19.0 Å². The minimum Gasteiger partial charge on any atom is -0.393 e. The fourth-order valence-electron chi connectivity index (χ4n) is 2.94. The van der Waals surface area contributed by atoms with Gasteiger partial charge >= 0.3 is 6.18 Å². The standard InChI is InChI=1S/C16H20F3N3O/c17-16(18,19)14-8-7-12(10-20)15(22-14)21-9-3-5-11-4-1-2-6-13(11)23/h7-8,11,13,23H,1-6,9H2,(H,21,22). The number of rotatable bonds is 5. The molecule has 2 unspecified atom stereocenters. The molecule has 0 amide bonds. The number of nitrogens with one attached hydrogen (secondary N) is 1. The molecule has 0 radical (unpaired) electrons. The fraction of sp³-hybridized carbons (Fsp3) is 0.625. The van der Waals surface area contributed by atoms with Gasteiger partial charge in [-0.3, -0.25) is 0 Å². The Hall–Kier alpha value is -1.81. The lowest BCUT2D eigenvalue weighted by molar-refractivity contribution is -0.141. The molecule has 23 heavy (non-hydrogen) atoms. The monoisotopic (exact) mass is 327 g/mol. The molecule has 1 heterocycles. The molecule has 1 aromatic rings. The summed E-state index contributed by atoms with van der Waals surface area (Å²) in [6, 6.07) is 3.77. The Morgan fingerprint density at radius 1 is 1.30 bits per heavy atom. The van der Waals surface area contributed by atoms with E-state index in [-0.39, 0.29) is 23.4 Å². The first kappa shape index (κ1) is 17.5. The van der Waals surface area contributed by atoms with E-state index < -0.39 is 11.9 Å². The summed E-state index contributed by atoms with van der Waals surface area (Å²) >= 11 is 0. The largest absolute Gasteiger partial charge is 0.433 e. The molecular formula is C16H20F3N3O. The molecule has 1 aliphatic rings. The number of aliphatic hydroxyl groups excluding tert-OH is 1. The van der Waals surface area contributed by atoms with E-state index in [1.54, 1.807) is 0 Å². The molecule has 0 aromatic carbocycles. The number of nitrogens with zero attached hydrogens (tertiary/aromatic N) is 2. The fourth-order valence-corrected chi connectivity index (χ4v) is 2.94. The molecule has 2 rings (SSSR count). The molecule has 1 fully saturated rings. The predicted octanol–water partition coefficient (Wildman–Crippen LogP) is 3.72. The number of alkyl halides is 3. The average molecular weight is 327 g/mol. The number of halogens is 3. The molecule has 1 aliphatic carbocycles. The summed E-state index contributed by atoms with van der Waals surface area (Å²) in [6.07, 6.45) is 0.706. The molecule has 1 saturated carbocycles. The van der Waals surface area contributed by atoms with Crippen LogP contribution < -0.4 is 5.32 Å². The SMILES string of the molecule is N#Cc1ccc(C(F)(F)F)nc1NCCCC1CCCCC1O. The minimum absolute atomic E-state index is 0.0356. The molecular weight excluding hydrogens is 307 g/mol. The van der Waals surface area contributed by atoms with Crippen LogP contribution in [0.25, 0.3) is 0 Å².